The van der Waals surface area contributed by atoms with Crippen LogP contribution in [0.15, 0.2) is 54.6 Å². The molecular formula is C49H55N3O13. The summed E-state index contributed by atoms with van der Waals surface area (Å²) in [4.78, 5) is 55.0. The van der Waals surface area contributed by atoms with Crippen LogP contribution in [0, 0.1) is 5.92 Å². The van der Waals surface area contributed by atoms with E-state index >= 15 is 4.79 Å². The number of carbonyl (C=O) groups excluding carboxylic acids is 4. The van der Waals surface area contributed by atoms with Crippen LogP contribution in [0.5, 0.6) is 17.2 Å². The number of aromatic hydroxyl groups is 1. The van der Waals surface area contributed by atoms with Gasteiger partial charge in [0.2, 0.25) is 6.29 Å². The van der Waals surface area contributed by atoms with Crippen molar-refractivity contribution >= 4 is 36.0 Å². The minimum atomic E-state index is -1.82. The summed E-state index contributed by atoms with van der Waals surface area (Å²) in [5.74, 6) is -3.78. The molecule has 12 N–H and O–H groups in total. The number of benzene rings is 4. The molecule has 1 heterocycles. The van der Waals surface area contributed by atoms with Crippen LogP contribution in [0.1, 0.15) is 133 Å². The Bertz CT molecular complexity index is 2500. The number of phenolic OH excluding ortho intramolecular Hbond substituents is 1. The first kappa shape index (κ1) is 47.3. The molecule has 344 valence electrons. The van der Waals surface area contributed by atoms with Gasteiger partial charge < -0.3 is 62.1 Å². The molecule has 1 aliphatic heterocycles. The van der Waals surface area contributed by atoms with Gasteiger partial charge in [0.05, 0.1) is 30.5 Å². The molecule has 0 bridgehead atoms. The number of ether oxygens (including phenoxy) is 3. The lowest BCUT2D eigenvalue weighted by Crippen LogP contribution is -2.60. The van der Waals surface area contributed by atoms with Gasteiger partial charge in [-0.25, -0.2) is 0 Å². The van der Waals surface area contributed by atoms with Gasteiger partial charge in [-0.3, -0.25) is 19.2 Å². The first-order valence-electron chi connectivity index (χ1n) is 21.7. The van der Waals surface area contributed by atoms with Crippen LogP contribution < -0.4 is 26.7 Å². The lowest BCUT2D eigenvalue weighted by Gasteiger charge is -2.42. The van der Waals surface area contributed by atoms with Crippen molar-refractivity contribution < 1.29 is 64.0 Å². The molecule has 0 aromatic heterocycles. The van der Waals surface area contributed by atoms with E-state index < -0.39 is 78.4 Å². The van der Waals surface area contributed by atoms with Crippen molar-refractivity contribution in [1.82, 2.24) is 0 Å². The maximum atomic E-state index is 15.1. The first-order valence-corrected chi connectivity index (χ1v) is 21.7. The standard InChI is InChI=1S/C49H55N3O13/c1-24(55)63-36-20-29(22-53)38-39(32(36)15-14-25-7-4-8-26(17-25)18-30(56)12-6-16-50)42(58)34-21-37(64-49-46(62)44(60)45(61)47(65-49)27-9-2-3-10-27)33(41(57)40(34)43(38)59)19-28-11-5-13-31(48(51)52)35(28)23-54/h4-5,7-8,11,13-15,17,20-21,23,27,30,44-49,53,56-57,60-62H,2-3,6,9-10,12,16,18-19,22,50-52H2,1H3. The van der Waals surface area contributed by atoms with Crippen molar-refractivity contribution in [2.75, 3.05) is 6.54 Å². The average Bonchev–Trinajstić information content (AvgIpc) is 3.82. The van der Waals surface area contributed by atoms with Crippen LogP contribution in [-0.2, 0) is 29.0 Å². The molecule has 0 spiro atoms. The van der Waals surface area contributed by atoms with E-state index in [-0.39, 0.29) is 68.3 Å². The van der Waals surface area contributed by atoms with Crippen LogP contribution in [0.25, 0.3) is 12.2 Å². The van der Waals surface area contributed by atoms with Crippen molar-refractivity contribution in [3.8, 4) is 17.2 Å². The summed E-state index contributed by atoms with van der Waals surface area (Å²) >= 11 is 0. The highest BCUT2D eigenvalue weighted by atomic mass is 16.7. The number of aliphatic hydroxyl groups excluding tert-OH is 5. The fourth-order valence-corrected chi connectivity index (χ4v) is 9.30. The van der Waals surface area contributed by atoms with E-state index in [9.17, 15) is 45.0 Å². The minimum absolute atomic E-state index is 0.00364. The predicted molar refractivity (Wildman–Crippen MR) is 237 cm³/mol. The molecule has 4 aromatic carbocycles. The van der Waals surface area contributed by atoms with Gasteiger partial charge >= 0.3 is 5.97 Å². The molecule has 0 amide bonds. The molecule has 1 saturated heterocycles. The Morgan fingerprint density at radius 2 is 1.63 bits per heavy atom. The molecule has 6 atom stereocenters. The molecule has 3 aliphatic rings. The highest BCUT2D eigenvalue weighted by molar-refractivity contribution is 6.31. The quantitative estimate of drug-likeness (QED) is 0.0226. The van der Waals surface area contributed by atoms with Crippen LogP contribution >= 0.6 is 0 Å². The van der Waals surface area contributed by atoms with Gasteiger partial charge in [0.25, 0.3) is 0 Å². The molecule has 2 fully saturated rings. The number of phenols is 1. The number of carbonyl (C=O) groups is 4. The molecule has 4 aromatic rings. The number of hydrogen-bond acceptors (Lipinski definition) is 16. The van der Waals surface area contributed by atoms with Crippen LogP contribution in [0.3, 0.4) is 0 Å². The Labute approximate surface area is 375 Å². The molecule has 65 heavy (non-hydrogen) atoms. The maximum absolute atomic E-state index is 15.1. The fraction of sp³-hybridized carbons (Fsp3) is 0.388. The Hall–Kier alpha value is -5.66. The third-order valence-electron chi connectivity index (χ3n) is 12.5. The number of esters is 1. The average molecular weight is 894 g/mol. The van der Waals surface area contributed by atoms with Crippen LogP contribution in [0.2, 0.25) is 0 Å². The highest BCUT2D eigenvalue weighted by Crippen LogP contribution is 2.46. The number of fused-ring (bicyclic) bond motifs is 2. The topological polar surface area (TPSA) is 295 Å². The second kappa shape index (κ2) is 20.2. The fourth-order valence-electron chi connectivity index (χ4n) is 9.30. The molecule has 16 heteroatoms. The van der Waals surface area contributed by atoms with Gasteiger partial charge in [0.15, 0.2) is 17.9 Å². The molecule has 7 rings (SSSR count). The summed E-state index contributed by atoms with van der Waals surface area (Å²) in [6, 6.07) is 14.4. The maximum Gasteiger partial charge on any atom is 0.308 e. The zero-order chi connectivity index (χ0) is 46.7. The summed E-state index contributed by atoms with van der Waals surface area (Å²) in [6.07, 6.45) is -1.27. The SMILES string of the molecule is CC(=O)Oc1cc(CO)c2c(c1C=Cc1cccc(CC(O)CCCN)c1)C(=O)c1cc(OC3OC(C4CCCC4)C(O)C(O)C3O)c(Cc3cccc(C(N)N)c3C=O)c(O)c1C2=O. The Balaban J connectivity index is 1.39. The smallest absolute Gasteiger partial charge is 0.308 e. The molecule has 2 aliphatic carbocycles. The van der Waals surface area contributed by atoms with E-state index in [1.165, 1.54) is 18.2 Å². The van der Waals surface area contributed by atoms with E-state index in [1.54, 1.807) is 36.4 Å². The van der Waals surface area contributed by atoms with E-state index in [1.807, 2.05) is 12.1 Å². The second-order valence-electron chi connectivity index (χ2n) is 16.9. The lowest BCUT2D eigenvalue weighted by molar-refractivity contribution is -0.282. The lowest BCUT2D eigenvalue weighted by atomic mass is 9.77. The van der Waals surface area contributed by atoms with Crippen LogP contribution in [-0.4, -0.2) is 97.8 Å². The van der Waals surface area contributed by atoms with Crippen molar-refractivity contribution in [1.29, 1.82) is 0 Å². The normalized spacial score (nSPS) is 21.4. The summed E-state index contributed by atoms with van der Waals surface area (Å²) in [6.45, 7) is 0.818. The van der Waals surface area contributed by atoms with Crippen molar-refractivity contribution in [2.24, 2.45) is 23.1 Å². The largest absolute Gasteiger partial charge is 0.507 e. The number of hydrogen-bond donors (Lipinski definition) is 9. The zero-order valence-electron chi connectivity index (χ0n) is 35.9. The summed E-state index contributed by atoms with van der Waals surface area (Å²) in [5, 5.41) is 66.8. The third-order valence-corrected chi connectivity index (χ3v) is 12.5. The second-order valence-corrected chi connectivity index (χ2v) is 16.9. The van der Waals surface area contributed by atoms with E-state index in [0.717, 1.165) is 25.3 Å². The Morgan fingerprint density at radius 3 is 2.31 bits per heavy atom. The summed E-state index contributed by atoms with van der Waals surface area (Å²) in [5.41, 5.74) is 18.2. The predicted octanol–water partition coefficient (Wildman–Crippen LogP) is 3.09. The first-order chi connectivity index (χ1) is 31.2. The molecule has 0 radical (unpaired) electrons. The van der Waals surface area contributed by atoms with Gasteiger partial charge in [0.1, 0.15) is 35.6 Å². The molecular weight excluding hydrogens is 839 g/mol. The van der Waals surface area contributed by atoms with Gasteiger partial charge in [-0.05, 0) is 90.6 Å². The highest BCUT2D eigenvalue weighted by Gasteiger charge is 2.49. The Morgan fingerprint density at radius 1 is 0.892 bits per heavy atom. The van der Waals surface area contributed by atoms with Gasteiger partial charge in [-0.1, -0.05) is 61.4 Å². The molecule has 6 unspecified atom stereocenters. The summed E-state index contributed by atoms with van der Waals surface area (Å²) in [7, 11) is 0. The van der Waals surface area contributed by atoms with Crippen LogP contribution in [0.4, 0.5) is 0 Å². The number of aliphatic hydroxyl groups is 5. The molecule has 16 nitrogen and oxygen atoms in total. The van der Waals surface area contributed by atoms with Crippen molar-refractivity contribution in [3.63, 3.8) is 0 Å². The number of nitrogens with two attached hydrogens (primary N) is 3. The van der Waals surface area contributed by atoms with Gasteiger partial charge in [-0.2, -0.15) is 0 Å². The van der Waals surface area contributed by atoms with Crippen molar-refractivity contribution in [3.05, 3.63) is 121 Å². The zero-order valence-corrected chi connectivity index (χ0v) is 35.9. The minimum Gasteiger partial charge on any atom is -0.507 e. The summed E-state index contributed by atoms with van der Waals surface area (Å²) < 4.78 is 18.1. The molecule has 1 saturated carbocycles. The monoisotopic (exact) mass is 893 g/mol. The van der Waals surface area contributed by atoms with Gasteiger partial charge in [-0.15, -0.1) is 0 Å². The number of aldehydes is 1. The number of ketones is 2. The van der Waals surface area contributed by atoms with E-state index in [4.69, 9.17) is 31.4 Å². The van der Waals surface area contributed by atoms with E-state index in [2.05, 4.69) is 0 Å². The third kappa shape index (κ3) is 9.68. The number of rotatable bonds is 16. The Kier molecular flexibility index (Phi) is 14.7. The van der Waals surface area contributed by atoms with Gasteiger partial charge in [0, 0.05) is 46.7 Å². The van der Waals surface area contributed by atoms with Crippen molar-refractivity contribution in [2.45, 2.75) is 108 Å². The van der Waals surface area contributed by atoms with E-state index in [0.29, 0.717) is 56.1 Å².